The first kappa shape index (κ1) is 16.9. The van der Waals surface area contributed by atoms with E-state index >= 15 is 0 Å². The zero-order chi connectivity index (χ0) is 16.7. The molecule has 0 aliphatic carbocycles. The highest BCUT2D eigenvalue weighted by Crippen LogP contribution is 2.17. The SMILES string of the molecule is CC(C)Cc1ccc(C(C)C(=O)N/N=C/c2ccccc2)cc1. The lowest BCUT2D eigenvalue weighted by atomic mass is 9.96. The van der Waals surface area contributed by atoms with Crippen molar-refractivity contribution < 1.29 is 4.79 Å². The fourth-order valence-corrected chi connectivity index (χ4v) is 2.37. The summed E-state index contributed by atoms with van der Waals surface area (Å²) >= 11 is 0. The Balaban J connectivity index is 1.92. The van der Waals surface area contributed by atoms with E-state index < -0.39 is 0 Å². The van der Waals surface area contributed by atoms with Crippen molar-refractivity contribution in [3.8, 4) is 0 Å². The maximum absolute atomic E-state index is 12.2. The zero-order valence-electron chi connectivity index (χ0n) is 14.0. The summed E-state index contributed by atoms with van der Waals surface area (Å²) in [5.41, 5.74) is 5.87. The Kier molecular flexibility index (Phi) is 6.10. The van der Waals surface area contributed by atoms with Crippen LogP contribution >= 0.6 is 0 Å². The van der Waals surface area contributed by atoms with Crippen molar-refractivity contribution in [3.05, 3.63) is 71.3 Å². The first-order valence-electron chi connectivity index (χ1n) is 8.03. The number of rotatable bonds is 6. The van der Waals surface area contributed by atoms with Gasteiger partial charge >= 0.3 is 0 Å². The third kappa shape index (κ3) is 5.37. The zero-order valence-corrected chi connectivity index (χ0v) is 14.0. The van der Waals surface area contributed by atoms with Gasteiger partial charge in [-0.05, 0) is 36.0 Å². The topological polar surface area (TPSA) is 41.5 Å². The fourth-order valence-electron chi connectivity index (χ4n) is 2.37. The summed E-state index contributed by atoms with van der Waals surface area (Å²) in [7, 11) is 0. The average Bonchev–Trinajstić information content (AvgIpc) is 2.55. The van der Waals surface area contributed by atoms with E-state index in [4.69, 9.17) is 0 Å². The van der Waals surface area contributed by atoms with Crippen LogP contribution in [-0.4, -0.2) is 12.1 Å². The standard InChI is InChI=1S/C20H24N2O/c1-15(2)13-17-9-11-19(12-10-17)16(3)20(23)22-21-14-18-7-5-4-6-8-18/h4-12,14-16H,13H2,1-3H3,(H,22,23)/b21-14+. The number of nitrogens with zero attached hydrogens (tertiary/aromatic N) is 1. The Bertz CT molecular complexity index is 645. The molecule has 120 valence electrons. The molecule has 2 aromatic rings. The van der Waals surface area contributed by atoms with E-state index in [9.17, 15) is 4.79 Å². The van der Waals surface area contributed by atoms with Gasteiger partial charge in [-0.15, -0.1) is 0 Å². The fraction of sp³-hybridized carbons (Fsp3) is 0.300. The van der Waals surface area contributed by atoms with E-state index in [1.165, 1.54) is 5.56 Å². The summed E-state index contributed by atoms with van der Waals surface area (Å²) in [6.07, 6.45) is 2.71. The molecule has 0 aliphatic heterocycles. The van der Waals surface area contributed by atoms with E-state index in [-0.39, 0.29) is 11.8 Å². The van der Waals surface area contributed by atoms with E-state index in [1.807, 2.05) is 49.4 Å². The largest absolute Gasteiger partial charge is 0.272 e. The van der Waals surface area contributed by atoms with Crippen LogP contribution in [-0.2, 0) is 11.2 Å². The van der Waals surface area contributed by atoms with Crippen molar-refractivity contribution in [1.82, 2.24) is 5.43 Å². The molecule has 0 fully saturated rings. The van der Waals surface area contributed by atoms with Gasteiger partial charge in [0.1, 0.15) is 0 Å². The van der Waals surface area contributed by atoms with Crippen LogP contribution in [0.3, 0.4) is 0 Å². The highest BCUT2D eigenvalue weighted by Gasteiger charge is 2.14. The molecule has 0 saturated carbocycles. The number of hydrazone groups is 1. The highest BCUT2D eigenvalue weighted by atomic mass is 16.2. The van der Waals surface area contributed by atoms with E-state index in [2.05, 4.69) is 36.5 Å². The number of nitrogens with one attached hydrogen (secondary N) is 1. The van der Waals surface area contributed by atoms with Gasteiger partial charge in [0.2, 0.25) is 5.91 Å². The molecule has 0 radical (unpaired) electrons. The summed E-state index contributed by atoms with van der Waals surface area (Å²) < 4.78 is 0. The second-order valence-electron chi connectivity index (χ2n) is 6.21. The quantitative estimate of drug-likeness (QED) is 0.632. The van der Waals surface area contributed by atoms with Crippen LogP contribution in [0.1, 0.15) is 43.4 Å². The van der Waals surface area contributed by atoms with Crippen LogP contribution < -0.4 is 5.43 Å². The van der Waals surface area contributed by atoms with Crippen LogP contribution in [0.5, 0.6) is 0 Å². The minimum atomic E-state index is -0.226. The van der Waals surface area contributed by atoms with Gasteiger partial charge in [0.05, 0.1) is 12.1 Å². The normalized spacial score (nSPS) is 12.5. The first-order chi connectivity index (χ1) is 11.1. The second kappa shape index (κ2) is 8.28. The van der Waals surface area contributed by atoms with Gasteiger partial charge in [0.15, 0.2) is 0 Å². The molecule has 1 unspecified atom stereocenters. The third-order valence-corrected chi connectivity index (χ3v) is 3.70. The van der Waals surface area contributed by atoms with Crippen molar-refractivity contribution in [2.75, 3.05) is 0 Å². The molecule has 2 rings (SSSR count). The van der Waals surface area contributed by atoms with Gasteiger partial charge in [-0.1, -0.05) is 68.4 Å². The van der Waals surface area contributed by atoms with Crippen molar-refractivity contribution in [3.63, 3.8) is 0 Å². The maximum Gasteiger partial charge on any atom is 0.247 e. The molecule has 3 heteroatoms. The highest BCUT2D eigenvalue weighted by molar-refractivity contribution is 5.85. The summed E-state index contributed by atoms with van der Waals surface area (Å²) in [5, 5.41) is 4.02. The number of hydrogen-bond acceptors (Lipinski definition) is 2. The number of carbonyl (C=O) groups is 1. The van der Waals surface area contributed by atoms with Crippen LogP contribution in [0.15, 0.2) is 59.7 Å². The molecule has 0 heterocycles. The van der Waals surface area contributed by atoms with Crippen molar-refractivity contribution in [1.29, 1.82) is 0 Å². The number of hydrogen-bond donors (Lipinski definition) is 1. The average molecular weight is 308 g/mol. The van der Waals surface area contributed by atoms with Gasteiger partial charge in [0.25, 0.3) is 0 Å². The molecule has 3 nitrogen and oxygen atoms in total. The van der Waals surface area contributed by atoms with Crippen LogP contribution in [0, 0.1) is 5.92 Å². The lowest BCUT2D eigenvalue weighted by Crippen LogP contribution is -2.23. The summed E-state index contributed by atoms with van der Waals surface area (Å²) in [6.45, 7) is 6.30. The predicted octanol–water partition coefficient (Wildman–Crippen LogP) is 4.14. The Morgan fingerprint density at radius 3 is 2.30 bits per heavy atom. The minimum absolute atomic E-state index is 0.103. The molecule has 23 heavy (non-hydrogen) atoms. The number of amides is 1. The second-order valence-corrected chi connectivity index (χ2v) is 6.21. The van der Waals surface area contributed by atoms with Gasteiger partial charge in [-0.3, -0.25) is 4.79 Å². The van der Waals surface area contributed by atoms with Gasteiger partial charge in [0, 0.05) is 0 Å². The van der Waals surface area contributed by atoms with E-state index in [1.54, 1.807) is 6.21 Å². The number of carbonyl (C=O) groups excluding carboxylic acids is 1. The van der Waals surface area contributed by atoms with Crippen molar-refractivity contribution in [2.24, 2.45) is 11.0 Å². The Morgan fingerprint density at radius 2 is 1.70 bits per heavy atom. The molecule has 1 N–H and O–H groups in total. The van der Waals surface area contributed by atoms with Crippen LogP contribution in [0.25, 0.3) is 0 Å². The molecule has 1 amide bonds. The van der Waals surface area contributed by atoms with Gasteiger partial charge in [-0.2, -0.15) is 5.10 Å². The Hall–Kier alpha value is -2.42. The molecular formula is C20H24N2O. The number of benzene rings is 2. The molecule has 0 bridgehead atoms. The molecule has 2 aromatic carbocycles. The Labute approximate surface area is 138 Å². The molecule has 0 aromatic heterocycles. The molecule has 0 saturated heterocycles. The minimum Gasteiger partial charge on any atom is -0.272 e. The van der Waals surface area contributed by atoms with E-state index in [0.29, 0.717) is 5.92 Å². The molecule has 1 atom stereocenters. The third-order valence-electron chi connectivity index (χ3n) is 3.70. The lowest BCUT2D eigenvalue weighted by molar-refractivity contribution is -0.122. The monoisotopic (exact) mass is 308 g/mol. The first-order valence-corrected chi connectivity index (χ1v) is 8.03. The van der Waals surface area contributed by atoms with Crippen LogP contribution in [0.4, 0.5) is 0 Å². The maximum atomic E-state index is 12.2. The van der Waals surface area contributed by atoms with Gasteiger partial charge < -0.3 is 0 Å². The van der Waals surface area contributed by atoms with Crippen LogP contribution in [0.2, 0.25) is 0 Å². The summed E-state index contributed by atoms with van der Waals surface area (Å²) in [6, 6.07) is 18.0. The molecular weight excluding hydrogens is 284 g/mol. The summed E-state index contributed by atoms with van der Waals surface area (Å²) in [5.74, 6) is 0.304. The molecule has 0 aliphatic rings. The van der Waals surface area contributed by atoms with Crippen molar-refractivity contribution in [2.45, 2.75) is 33.1 Å². The smallest absolute Gasteiger partial charge is 0.247 e. The van der Waals surface area contributed by atoms with E-state index in [0.717, 1.165) is 17.5 Å². The van der Waals surface area contributed by atoms with Gasteiger partial charge in [-0.25, -0.2) is 5.43 Å². The Morgan fingerprint density at radius 1 is 1.04 bits per heavy atom. The lowest BCUT2D eigenvalue weighted by Gasteiger charge is -2.11. The summed E-state index contributed by atoms with van der Waals surface area (Å²) in [4.78, 5) is 12.2. The molecule has 0 spiro atoms. The predicted molar refractivity (Wildman–Crippen MR) is 95.6 cm³/mol. The van der Waals surface area contributed by atoms with Crippen molar-refractivity contribution >= 4 is 12.1 Å².